The number of aryl methyl sites for hydroxylation is 2. The van der Waals surface area contributed by atoms with Crippen LogP contribution in [0.3, 0.4) is 0 Å². The van der Waals surface area contributed by atoms with Gasteiger partial charge >= 0.3 is 5.97 Å². The third kappa shape index (κ3) is 3.85. The fourth-order valence-electron chi connectivity index (χ4n) is 3.14. The Labute approximate surface area is 153 Å². The summed E-state index contributed by atoms with van der Waals surface area (Å²) in [6.07, 6.45) is 1.03. The van der Waals surface area contributed by atoms with Gasteiger partial charge in [-0.25, -0.2) is 5.01 Å². The summed E-state index contributed by atoms with van der Waals surface area (Å²) in [6, 6.07) is 12.4. The highest BCUT2D eigenvalue weighted by Crippen LogP contribution is 2.20. The zero-order chi connectivity index (χ0) is 18.7. The number of carbonyl (C=O) groups excluding carboxylic acids is 2. The maximum Gasteiger partial charge on any atom is 0.302 e. The van der Waals surface area contributed by atoms with Crippen molar-refractivity contribution >= 4 is 17.6 Å². The lowest BCUT2D eigenvalue weighted by molar-refractivity contribution is -0.143. The van der Waals surface area contributed by atoms with Gasteiger partial charge < -0.3 is 9.30 Å². The SMILES string of the molecule is CC(=O)OCCN1N=C(c2ccc(-n3c(C)ccc3C)cc2)CCC1=O. The average Bonchev–Trinajstić information content (AvgIpc) is 2.95. The molecule has 0 radical (unpaired) electrons. The van der Waals surface area contributed by atoms with Gasteiger partial charge in [-0.3, -0.25) is 9.59 Å². The molecule has 0 saturated carbocycles. The molecule has 1 aliphatic heterocycles. The van der Waals surface area contributed by atoms with E-state index >= 15 is 0 Å². The molecule has 1 aromatic carbocycles. The van der Waals surface area contributed by atoms with Crippen molar-refractivity contribution in [2.24, 2.45) is 5.10 Å². The maximum absolute atomic E-state index is 12.0. The molecule has 0 aliphatic carbocycles. The highest BCUT2D eigenvalue weighted by molar-refractivity contribution is 6.04. The van der Waals surface area contributed by atoms with E-state index in [0.717, 1.165) is 17.0 Å². The van der Waals surface area contributed by atoms with E-state index in [4.69, 9.17) is 4.74 Å². The molecule has 0 bridgehead atoms. The van der Waals surface area contributed by atoms with Crippen LogP contribution in [0.15, 0.2) is 41.5 Å². The highest BCUT2D eigenvalue weighted by atomic mass is 16.5. The van der Waals surface area contributed by atoms with Crippen LogP contribution in [-0.2, 0) is 14.3 Å². The molecule has 1 amide bonds. The number of carbonyl (C=O) groups is 2. The number of hydrogen-bond acceptors (Lipinski definition) is 4. The Hall–Kier alpha value is -2.89. The molecular formula is C20H23N3O3. The van der Waals surface area contributed by atoms with Gasteiger partial charge in [0, 0.05) is 36.8 Å². The number of hydrazone groups is 1. The normalized spacial score (nSPS) is 14.3. The molecule has 2 heterocycles. The first-order valence-corrected chi connectivity index (χ1v) is 8.72. The van der Waals surface area contributed by atoms with Crippen molar-refractivity contribution in [3.05, 3.63) is 53.3 Å². The van der Waals surface area contributed by atoms with E-state index in [2.05, 4.69) is 47.8 Å². The van der Waals surface area contributed by atoms with Crippen molar-refractivity contribution < 1.29 is 14.3 Å². The molecule has 1 aromatic heterocycles. The van der Waals surface area contributed by atoms with Crippen molar-refractivity contribution in [1.82, 2.24) is 9.58 Å². The van der Waals surface area contributed by atoms with Crippen LogP contribution in [0, 0.1) is 13.8 Å². The van der Waals surface area contributed by atoms with Gasteiger partial charge in [0.2, 0.25) is 5.91 Å². The van der Waals surface area contributed by atoms with E-state index in [-0.39, 0.29) is 25.0 Å². The first-order valence-electron chi connectivity index (χ1n) is 8.72. The molecular weight excluding hydrogens is 330 g/mol. The van der Waals surface area contributed by atoms with Crippen LogP contribution < -0.4 is 0 Å². The van der Waals surface area contributed by atoms with E-state index < -0.39 is 0 Å². The Morgan fingerprint density at radius 1 is 1.08 bits per heavy atom. The predicted octanol–water partition coefficient (Wildman–Crippen LogP) is 2.98. The molecule has 0 fully saturated rings. The smallest absolute Gasteiger partial charge is 0.302 e. The van der Waals surface area contributed by atoms with Crippen molar-refractivity contribution in [3.63, 3.8) is 0 Å². The van der Waals surface area contributed by atoms with Gasteiger partial charge in [-0.05, 0) is 43.7 Å². The van der Waals surface area contributed by atoms with Crippen LogP contribution in [0.5, 0.6) is 0 Å². The number of rotatable bonds is 5. The number of nitrogens with zero attached hydrogens (tertiary/aromatic N) is 3. The fourth-order valence-corrected chi connectivity index (χ4v) is 3.14. The van der Waals surface area contributed by atoms with Crippen molar-refractivity contribution in [2.45, 2.75) is 33.6 Å². The Kier molecular flexibility index (Phi) is 5.21. The number of hydrogen-bond donors (Lipinski definition) is 0. The highest BCUT2D eigenvalue weighted by Gasteiger charge is 2.21. The molecule has 0 spiro atoms. The van der Waals surface area contributed by atoms with Gasteiger partial charge in [0.1, 0.15) is 6.61 Å². The maximum atomic E-state index is 12.0. The van der Waals surface area contributed by atoms with E-state index in [0.29, 0.717) is 12.8 Å². The second-order valence-corrected chi connectivity index (χ2v) is 6.40. The minimum Gasteiger partial charge on any atom is -0.464 e. The zero-order valence-electron chi connectivity index (χ0n) is 15.4. The summed E-state index contributed by atoms with van der Waals surface area (Å²) in [6.45, 7) is 5.95. The van der Waals surface area contributed by atoms with E-state index in [1.165, 1.54) is 23.3 Å². The van der Waals surface area contributed by atoms with Gasteiger partial charge in [0.25, 0.3) is 0 Å². The molecule has 0 unspecified atom stereocenters. The summed E-state index contributed by atoms with van der Waals surface area (Å²) in [7, 11) is 0. The molecule has 2 aromatic rings. The summed E-state index contributed by atoms with van der Waals surface area (Å²) in [5, 5.41) is 5.86. The molecule has 6 nitrogen and oxygen atoms in total. The van der Waals surface area contributed by atoms with Crippen molar-refractivity contribution in [3.8, 4) is 5.69 Å². The Morgan fingerprint density at radius 3 is 2.35 bits per heavy atom. The lowest BCUT2D eigenvalue weighted by Gasteiger charge is -2.23. The summed E-state index contributed by atoms with van der Waals surface area (Å²) in [5.41, 5.74) is 5.36. The molecule has 0 N–H and O–H groups in total. The lowest BCUT2D eigenvalue weighted by atomic mass is 10.0. The number of benzene rings is 1. The van der Waals surface area contributed by atoms with Gasteiger partial charge in [0.15, 0.2) is 0 Å². The number of ether oxygens (including phenoxy) is 1. The number of aromatic nitrogens is 1. The van der Waals surface area contributed by atoms with E-state index in [9.17, 15) is 9.59 Å². The molecule has 0 atom stereocenters. The topological polar surface area (TPSA) is 63.9 Å². The van der Waals surface area contributed by atoms with Crippen LogP contribution in [0.4, 0.5) is 0 Å². The molecule has 0 saturated heterocycles. The van der Waals surface area contributed by atoms with Gasteiger partial charge in [-0.2, -0.15) is 5.10 Å². The third-order valence-corrected chi connectivity index (χ3v) is 4.44. The summed E-state index contributed by atoms with van der Waals surface area (Å²) >= 11 is 0. The zero-order valence-corrected chi connectivity index (χ0v) is 15.4. The Balaban J connectivity index is 1.77. The summed E-state index contributed by atoms with van der Waals surface area (Å²) < 4.78 is 7.10. The van der Waals surface area contributed by atoms with Crippen LogP contribution in [0.25, 0.3) is 5.69 Å². The van der Waals surface area contributed by atoms with Gasteiger partial charge in [-0.1, -0.05) is 12.1 Å². The van der Waals surface area contributed by atoms with Gasteiger partial charge in [0.05, 0.1) is 12.3 Å². The first-order chi connectivity index (χ1) is 12.5. The average molecular weight is 353 g/mol. The Bertz CT molecular complexity index is 830. The number of amides is 1. The molecule has 26 heavy (non-hydrogen) atoms. The molecule has 1 aliphatic rings. The van der Waals surface area contributed by atoms with Crippen LogP contribution in [-0.4, -0.2) is 40.3 Å². The fraction of sp³-hybridized carbons (Fsp3) is 0.350. The summed E-state index contributed by atoms with van der Waals surface area (Å²) in [4.78, 5) is 22.9. The monoisotopic (exact) mass is 353 g/mol. The molecule has 3 rings (SSSR count). The molecule has 6 heteroatoms. The predicted molar refractivity (Wildman–Crippen MR) is 99.4 cm³/mol. The lowest BCUT2D eigenvalue weighted by Crippen LogP contribution is -2.34. The number of esters is 1. The van der Waals surface area contributed by atoms with Crippen molar-refractivity contribution in [1.29, 1.82) is 0 Å². The first kappa shape index (κ1) is 17.9. The largest absolute Gasteiger partial charge is 0.464 e. The van der Waals surface area contributed by atoms with Crippen LogP contribution in [0.1, 0.15) is 36.7 Å². The summed E-state index contributed by atoms with van der Waals surface area (Å²) in [5.74, 6) is -0.402. The van der Waals surface area contributed by atoms with Crippen LogP contribution in [0.2, 0.25) is 0 Å². The van der Waals surface area contributed by atoms with E-state index in [1.807, 2.05) is 12.1 Å². The Morgan fingerprint density at radius 2 is 1.73 bits per heavy atom. The van der Waals surface area contributed by atoms with Crippen LogP contribution >= 0.6 is 0 Å². The van der Waals surface area contributed by atoms with Crippen molar-refractivity contribution in [2.75, 3.05) is 13.2 Å². The molecule has 136 valence electrons. The quantitative estimate of drug-likeness (QED) is 0.776. The second kappa shape index (κ2) is 7.56. The third-order valence-electron chi connectivity index (χ3n) is 4.44. The van der Waals surface area contributed by atoms with E-state index in [1.54, 1.807) is 0 Å². The minimum absolute atomic E-state index is 0.0453. The minimum atomic E-state index is -0.357. The van der Waals surface area contributed by atoms with Gasteiger partial charge in [-0.15, -0.1) is 0 Å². The second-order valence-electron chi connectivity index (χ2n) is 6.40. The standard InChI is InChI=1S/C20H23N3O3/c1-14-4-5-15(2)23(14)18-8-6-17(7-9-18)19-10-11-20(25)22(21-19)12-13-26-16(3)24/h4-9H,10-13H2,1-3H3.